The molecule has 15 nitrogen and oxygen atoms in total. The maximum Gasteiger partial charge on any atom is 0.490 e. The average Bonchev–Trinajstić information content (AvgIpc) is 3.43. The zero-order valence-electron chi connectivity index (χ0n) is 52.0. The van der Waals surface area contributed by atoms with Gasteiger partial charge in [0.15, 0.2) is 5.96 Å². The van der Waals surface area contributed by atoms with Crippen molar-refractivity contribution in [3.05, 3.63) is 12.2 Å². The standard InChI is InChI=1S/C62H120N8O5.C2HF3O2/c1-3-5-7-9-11-13-15-17-19-21-23-25-27-29-31-33-35-37-39-41-43-47-57(71)66-52-54-70(60(74)50-49-59(73)69-56(61(63)75)46-45-51-68-62(64)65)55-53-67-58(72)48-44-42-40-38-36-34-32-30-28-26-24-22-20-18-16-14-12-10-8-6-4-2;3-2(4,5)1(6)7/h49-50,56H,3-48,51-55H2,1-2H3,(H2,63,75)(H,66,71)(H,67,72)(H,69,73)(H4,64,65,68);(H,6,7)/b50-49-;/t56-;/m0./s1. The smallest absolute Gasteiger partial charge is 0.475 e. The summed E-state index contributed by atoms with van der Waals surface area (Å²) in [5.74, 6) is -4.74. The number of carboxylic acids is 1. The van der Waals surface area contributed by atoms with E-state index in [1.54, 1.807) is 0 Å². The third kappa shape index (κ3) is 60.2. The first-order chi connectivity index (χ1) is 39.5. The van der Waals surface area contributed by atoms with Crippen molar-refractivity contribution >= 4 is 41.5 Å². The number of halogens is 3. The number of carbonyl (C=O) groups excluding carboxylic acids is 5. The first-order valence-corrected chi connectivity index (χ1v) is 33.0. The monoisotopic (exact) mass is 1170 g/mol. The van der Waals surface area contributed by atoms with Crippen molar-refractivity contribution in [3.63, 3.8) is 0 Å². The highest BCUT2D eigenvalue weighted by molar-refractivity contribution is 5.98. The van der Waals surface area contributed by atoms with Crippen LogP contribution >= 0.6 is 0 Å². The SMILES string of the molecule is CCCCCCCCCCCCCCCCCCCCCCCC(=O)NCCN(CCNC(=O)CCCCCCCCCCCCCCCCCCCCCCC)C(=O)/C=C\C(=O)N[C@@H](CCCN=C(N)N)C(N)=O.O=C(O)C(F)(F)F. The van der Waals surface area contributed by atoms with Crippen LogP contribution in [0.5, 0.6) is 0 Å². The lowest BCUT2D eigenvalue weighted by Crippen LogP contribution is -2.44. The number of guanidine groups is 1. The molecule has 0 rings (SSSR count). The molecular formula is C64H121F3N8O7. The summed E-state index contributed by atoms with van der Waals surface area (Å²) in [5.41, 5.74) is 16.2. The molecule has 0 aliphatic rings. The molecule has 0 fully saturated rings. The van der Waals surface area contributed by atoms with E-state index in [0.29, 0.717) is 19.3 Å². The number of nitrogens with one attached hydrogen (secondary N) is 3. The van der Waals surface area contributed by atoms with Crippen LogP contribution in [0.15, 0.2) is 17.1 Å². The number of primary amides is 1. The zero-order valence-corrected chi connectivity index (χ0v) is 52.0. The highest BCUT2D eigenvalue weighted by Gasteiger charge is 2.38. The Kier molecular flexibility index (Phi) is 58.1. The van der Waals surface area contributed by atoms with Crippen LogP contribution in [0.3, 0.4) is 0 Å². The number of alkyl halides is 3. The number of carboxylic acid groups (broad SMARTS) is 1. The summed E-state index contributed by atoms with van der Waals surface area (Å²) < 4.78 is 31.7. The van der Waals surface area contributed by atoms with Gasteiger partial charge in [-0.3, -0.25) is 29.0 Å². The molecule has 0 bridgehead atoms. The van der Waals surface area contributed by atoms with Gasteiger partial charge in [-0.15, -0.1) is 0 Å². The second kappa shape index (κ2) is 59.8. The van der Waals surface area contributed by atoms with Crippen LogP contribution in [0.1, 0.15) is 309 Å². The van der Waals surface area contributed by atoms with Crippen LogP contribution in [-0.2, 0) is 28.8 Å². The van der Waals surface area contributed by atoms with E-state index in [0.717, 1.165) is 50.7 Å². The van der Waals surface area contributed by atoms with Gasteiger partial charge in [-0.1, -0.05) is 271 Å². The van der Waals surface area contributed by atoms with Crippen molar-refractivity contribution in [1.29, 1.82) is 0 Å². The average molecular weight is 1170 g/mol. The lowest BCUT2D eigenvalue weighted by atomic mass is 10.0. The van der Waals surface area contributed by atoms with Gasteiger partial charge in [0.25, 0.3) is 0 Å². The van der Waals surface area contributed by atoms with E-state index in [9.17, 15) is 37.1 Å². The van der Waals surface area contributed by atoms with Crippen molar-refractivity contribution in [2.75, 3.05) is 32.7 Å². The summed E-state index contributed by atoms with van der Waals surface area (Å²) in [6, 6.07) is -0.958. The normalized spacial score (nSPS) is 11.7. The Morgan fingerprint density at radius 2 is 0.744 bits per heavy atom. The molecule has 0 aliphatic heterocycles. The highest BCUT2D eigenvalue weighted by Crippen LogP contribution is 2.18. The van der Waals surface area contributed by atoms with E-state index in [1.165, 1.54) is 236 Å². The number of carbonyl (C=O) groups is 6. The minimum absolute atomic E-state index is 0.0502. The first kappa shape index (κ1) is 79.7. The van der Waals surface area contributed by atoms with Crippen LogP contribution < -0.4 is 33.2 Å². The topological polar surface area (TPSA) is 252 Å². The molecule has 480 valence electrons. The van der Waals surface area contributed by atoms with Crippen molar-refractivity contribution in [2.24, 2.45) is 22.2 Å². The molecule has 0 aromatic rings. The lowest BCUT2D eigenvalue weighted by Gasteiger charge is -2.22. The van der Waals surface area contributed by atoms with E-state index >= 15 is 0 Å². The number of aliphatic imine (C=N–C) groups is 1. The lowest BCUT2D eigenvalue weighted by molar-refractivity contribution is -0.192. The molecule has 0 saturated heterocycles. The van der Waals surface area contributed by atoms with Crippen molar-refractivity contribution < 1.29 is 47.0 Å². The van der Waals surface area contributed by atoms with E-state index in [1.807, 2.05) is 0 Å². The molecule has 0 radical (unpaired) electrons. The molecule has 82 heavy (non-hydrogen) atoms. The van der Waals surface area contributed by atoms with Gasteiger partial charge < -0.3 is 43.2 Å². The number of hydrogen-bond donors (Lipinski definition) is 7. The molecule has 1 atom stereocenters. The number of nitrogens with zero attached hydrogens (tertiary/aromatic N) is 2. The predicted molar refractivity (Wildman–Crippen MR) is 331 cm³/mol. The molecule has 18 heteroatoms. The van der Waals surface area contributed by atoms with Crippen LogP contribution in [0, 0.1) is 0 Å². The fourth-order valence-corrected chi connectivity index (χ4v) is 9.87. The molecule has 0 spiro atoms. The summed E-state index contributed by atoms with van der Waals surface area (Å²) in [6.07, 6.45) is 53.9. The van der Waals surface area contributed by atoms with Gasteiger partial charge >= 0.3 is 12.1 Å². The number of hydrogen-bond acceptors (Lipinski definition) is 7. The molecule has 5 amide bonds. The highest BCUT2D eigenvalue weighted by atomic mass is 19.4. The molecule has 0 unspecified atom stereocenters. The summed E-state index contributed by atoms with van der Waals surface area (Å²) in [4.78, 5) is 77.7. The summed E-state index contributed by atoms with van der Waals surface area (Å²) >= 11 is 0. The van der Waals surface area contributed by atoms with Gasteiger partial charge in [-0.2, -0.15) is 13.2 Å². The molecule has 0 aromatic carbocycles. The Morgan fingerprint density at radius 1 is 0.463 bits per heavy atom. The molecule has 10 N–H and O–H groups in total. The van der Waals surface area contributed by atoms with E-state index in [-0.39, 0.29) is 56.9 Å². The van der Waals surface area contributed by atoms with Crippen molar-refractivity contribution in [3.8, 4) is 0 Å². The van der Waals surface area contributed by atoms with Gasteiger partial charge in [-0.25, -0.2) is 4.79 Å². The number of rotatable bonds is 58. The molecule has 0 aromatic heterocycles. The number of nitrogens with two attached hydrogens (primary N) is 3. The number of aliphatic carboxylic acids is 1. The third-order valence-corrected chi connectivity index (χ3v) is 15.0. The van der Waals surface area contributed by atoms with Gasteiger partial charge in [0.05, 0.1) is 0 Å². The minimum Gasteiger partial charge on any atom is -0.475 e. The zero-order chi connectivity index (χ0) is 61.0. The number of unbranched alkanes of at least 4 members (excludes halogenated alkanes) is 40. The molecule has 0 aliphatic carbocycles. The third-order valence-electron chi connectivity index (χ3n) is 15.0. The van der Waals surface area contributed by atoms with Crippen molar-refractivity contribution in [1.82, 2.24) is 20.9 Å². The van der Waals surface area contributed by atoms with E-state index in [2.05, 4.69) is 34.8 Å². The van der Waals surface area contributed by atoms with E-state index in [4.69, 9.17) is 27.1 Å². The Hall–Kier alpha value is -4.38. The summed E-state index contributed by atoms with van der Waals surface area (Å²) in [7, 11) is 0. The van der Waals surface area contributed by atoms with E-state index < -0.39 is 35.9 Å². The second-order valence-corrected chi connectivity index (χ2v) is 22.7. The fourth-order valence-electron chi connectivity index (χ4n) is 9.87. The predicted octanol–water partition coefficient (Wildman–Crippen LogP) is 14.5. The summed E-state index contributed by atoms with van der Waals surface area (Å²) in [6.45, 7) is 5.75. The second-order valence-electron chi connectivity index (χ2n) is 22.7. The van der Waals surface area contributed by atoms with Gasteiger partial charge in [0, 0.05) is 57.7 Å². The maximum absolute atomic E-state index is 13.3. The van der Waals surface area contributed by atoms with Crippen LogP contribution in [0.25, 0.3) is 0 Å². The molecular weight excluding hydrogens is 1050 g/mol. The first-order valence-electron chi connectivity index (χ1n) is 33.0. The Morgan fingerprint density at radius 3 is 1.00 bits per heavy atom. The van der Waals surface area contributed by atoms with Crippen LogP contribution in [0.4, 0.5) is 13.2 Å². The van der Waals surface area contributed by atoms with Gasteiger partial charge in [-0.05, 0) is 25.7 Å². The Balaban J connectivity index is 0. The van der Waals surface area contributed by atoms with Crippen LogP contribution in [0.2, 0.25) is 0 Å². The van der Waals surface area contributed by atoms with Crippen molar-refractivity contribution in [2.45, 2.75) is 321 Å². The van der Waals surface area contributed by atoms with Gasteiger partial charge in [0.1, 0.15) is 6.04 Å². The maximum atomic E-state index is 13.3. The molecule has 0 saturated carbocycles. The molecule has 0 heterocycles. The van der Waals surface area contributed by atoms with Crippen LogP contribution in [-0.4, -0.2) is 96.4 Å². The quantitative estimate of drug-likeness (QED) is 0.0132. The number of amides is 5. The largest absolute Gasteiger partial charge is 0.490 e. The Labute approximate surface area is 496 Å². The minimum atomic E-state index is -5.08. The van der Waals surface area contributed by atoms with Gasteiger partial charge in [0.2, 0.25) is 29.5 Å². The summed E-state index contributed by atoms with van der Waals surface area (Å²) in [5, 5.41) is 15.6. The Bertz CT molecular complexity index is 1550. The fraction of sp³-hybridized carbons (Fsp3) is 0.859.